The first-order valence-electron chi connectivity index (χ1n) is 8.15. The molecule has 1 fully saturated rings. The Bertz CT molecular complexity index is 638. The maximum absolute atomic E-state index is 6.41. The predicted molar refractivity (Wildman–Crippen MR) is 91.7 cm³/mol. The van der Waals surface area contributed by atoms with Crippen LogP contribution in [0, 0.1) is 0 Å². The molecule has 0 atom stereocenters. The van der Waals surface area contributed by atoms with Gasteiger partial charge in [0.15, 0.2) is 0 Å². The van der Waals surface area contributed by atoms with E-state index < -0.39 is 0 Å². The van der Waals surface area contributed by atoms with Crippen molar-refractivity contribution in [3.05, 3.63) is 40.5 Å². The number of rotatable bonds is 5. The van der Waals surface area contributed by atoms with Gasteiger partial charge in [0.2, 0.25) is 0 Å². The lowest BCUT2D eigenvalue weighted by Crippen LogP contribution is -2.36. The third kappa shape index (κ3) is 3.60. The minimum Gasteiger partial charge on any atom is -0.379 e. The quantitative estimate of drug-likeness (QED) is 0.786. The summed E-state index contributed by atoms with van der Waals surface area (Å²) >= 11 is 6.41. The number of hydrogen-bond acceptors (Lipinski definition) is 3. The minimum absolute atomic E-state index is 0.662. The molecule has 4 heteroatoms. The molecule has 0 aliphatic carbocycles. The van der Waals surface area contributed by atoms with E-state index in [9.17, 15) is 0 Å². The highest BCUT2D eigenvalue weighted by molar-refractivity contribution is 6.30. The summed E-state index contributed by atoms with van der Waals surface area (Å²) in [6, 6.07) is 8.57. The summed E-state index contributed by atoms with van der Waals surface area (Å²) in [6.07, 6.45) is 3.08. The average molecular weight is 319 g/mol. The Morgan fingerprint density at radius 3 is 2.82 bits per heavy atom. The van der Waals surface area contributed by atoms with Gasteiger partial charge in [-0.1, -0.05) is 36.7 Å². The topological polar surface area (TPSA) is 25.4 Å². The zero-order valence-electron chi connectivity index (χ0n) is 13.1. The van der Waals surface area contributed by atoms with Crippen molar-refractivity contribution in [1.29, 1.82) is 0 Å². The predicted octanol–water partition coefficient (Wildman–Crippen LogP) is 3.72. The zero-order valence-corrected chi connectivity index (χ0v) is 13.9. The summed E-state index contributed by atoms with van der Waals surface area (Å²) in [5, 5.41) is 1.86. The minimum atomic E-state index is 0.662. The summed E-state index contributed by atoms with van der Waals surface area (Å²) in [6.45, 7) is 7.07. The highest BCUT2D eigenvalue weighted by Crippen LogP contribution is 2.24. The van der Waals surface area contributed by atoms with E-state index in [2.05, 4.69) is 41.1 Å². The Kier molecular flexibility index (Phi) is 5.29. The SMILES string of the molecule is CCc1cccc2cc(CCCN3CCOCC3)c(Cl)nc12. The van der Waals surface area contributed by atoms with Crippen molar-refractivity contribution in [2.75, 3.05) is 32.8 Å². The lowest BCUT2D eigenvalue weighted by atomic mass is 10.0. The van der Waals surface area contributed by atoms with Crippen LogP contribution in [0.3, 0.4) is 0 Å². The van der Waals surface area contributed by atoms with Crippen LogP contribution in [0.4, 0.5) is 0 Å². The fraction of sp³-hybridized carbons (Fsp3) is 0.500. The van der Waals surface area contributed by atoms with Gasteiger partial charge in [-0.25, -0.2) is 4.98 Å². The Morgan fingerprint density at radius 2 is 2.05 bits per heavy atom. The third-order valence-corrected chi connectivity index (χ3v) is 4.69. The van der Waals surface area contributed by atoms with Gasteiger partial charge in [-0.15, -0.1) is 0 Å². The summed E-state index contributed by atoms with van der Waals surface area (Å²) in [7, 11) is 0. The Labute approximate surface area is 137 Å². The molecule has 1 aromatic heterocycles. The average Bonchev–Trinajstić information content (AvgIpc) is 2.56. The number of hydrogen-bond donors (Lipinski definition) is 0. The van der Waals surface area contributed by atoms with Gasteiger partial charge in [0.05, 0.1) is 18.7 Å². The molecule has 1 aromatic carbocycles. The lowest BCUT2D eigenvalue weighted by molar-refractivity contribution is 0.0374. The van der Waals surface area contributed by atoms with Crippen LogP contribution in [-0.4, -0.2) is 42.7 Å². The molecule has 0 amide bonds. The van der Waals surface area contributed by atoms with Crippen LogP contribution in [0.5, 0.6) is 0 Å². The van der Waals surface area contributed by atoms with E-state index >= 15 is 0 Å². The molecule has 1 saturated heterocycles. The van der Waals surface area contributed by atoms with Crippen LogP contribution < -0.4 is 0 Å². The molecular weight excluding hydrogens is 296 g/mol. The van der Waals surface area contributed by atoms with Gasteiger partial charge >= 0.3 is 0 Å². The molecule has 0 radical (unpaired) electrons. The van der Waals surface area contributed by atoms with E-state index in [1.165, 1.54) is 10.9 Å². The van der Waals surface area contributed by atoms with Gasteiger partial charge in [0.1, 0.15) is 5.15 Å². The fourth-order valence-corrected chi connectivity index (χ4v) is 3.29. The number of pyridine rings is 1. The molecule has 118 valence electrons. The van der Waals surface area contributed by atoms with Gasteiger partial charge in [0, 0.05) is 18.5 Å². The molecule has 0 spiro atoms. The molecule has 2 heterocycles. The molecule has 0 saturated carbocycles. The summed E-state index contributed by atoms with van der Waals surface area (Å²) in [5.41, 5.74) is 3.47. The number of halogens is 1. The van der Waals surface area contributed by atoms with E-state index in [4.69, 9.17) is 16.3 Å². The van der Waals surface area contributed by atoms with Gasteiger partial charge in [-0.3, -0.25) is 4.90 Å². The van der Waals surface area contributed by atoms with Gasteiger partial charge in [-0.2, -0.15) is 0 Å². The maximum Gasteiger partial charge on any atom is 0.132 e. The zero-order chi connectivity index (χ0) is 15.4. The largest absolute Gasteiger partial charge is 0.379 e. The second kappa shape index (κ2) is 7.40. The number of benzene rings is 1. The van der Waals surface area contributed by atoms with Crippen LogP contribution in [-0.2, 0) is 17.6 Å². The number of aromatic nitrogens is 1. The monoisotopic (exact) mass is 318 g/mol. The van der Waals surface area contributed by atoms with Gasteiger partial charge in [-0.05, 0) is 43.0 Å². The molecule has 0 bridgehead atoms. The number of ether oxygens (including phenoxy) is 1. The highest BCUT2D eigenvalue weighted by atomic mass is 35.5. The Morgan fingerprint density at radius 1 is 1.23 bits per heavy atom. The first-order chi connectivity index (χ1) is 10.8. The van der Waals surface area contributed by atoms with E-state index in [1.807, 2.05) is 0 Å². The fourth-order valence-electron chi connectivity index (χ4n) is 3.06. The summed E-state index contributed by atoms with van der Waals surface area (Å²) < 4.78 is 5.38. The normalized spacial score (nSPS) is 16.3. The molecule has 3 nitrogen and oxygen atoms in total. The van der Waals surface area contributed by atoms with Gasteiger partial charge in [0.25, 0.3) is 0 Å². The molecule has 0 unspecified atom stereocenters. The number of fused-ring (bicyclic) bond motifs is 1. The summed E-state index contributed by atoms with van der Waals surface area (Å²) in [5.74, 6) is 0. The third-order valence-electron chi connectivity index (χ3n) is 4.36. The Hall–Kier alpha value is -1.16. The molecule has 22 heavy (non-hydrogen) atoms. The van der Waals surface area contributed by atoms with Crippen molar-refractivity contribution < 1.29 is 4.74 Å². The maximum atomic E-state index is 6.41. The second-order valence-electron chi connectivity index (χ2n) is 5.84. The van der Waals surface area contributed by atoms with Crippen LogP contribution in [0.15, 0.2) is 24.3 Å². The van der Waals surface area contributed by atoms with Crippen molar-refractivity contribution in [1.82, 2.24) is 9.88 Å². The first-order valence-corrected chi connectivity index (χ1v) is 8.53. The van der Waals surface area contributed by atoms with E-state index in [0.29, 0.717) is 5.15 Å². The second-order valence-corrected chi connectivity index (χ2v) is 6.20. The standard InChI is InChI=1S/C18H23ClN2O/c1-2-14-5-3-6-15-13-16(18(19)20-17(14)15)7-4-8-21-9-11-22-12-10-21/h3,5-6,13H,2,4,7-12H2,1H3. The number of aryl methyl sites for hydroxylation is 2. The van der Waals surface area contributed by atoms with Crippen LogP contribution in [0.25, 0.3) is 10.9 Å². The number of para-hydroxylation sites is 1. The van der Waals surface area contributed by atoms with Crippen molar-refractivity contribution in [2.45, 2.75) is 26.2 Å². The highest BCUT2D eigenvalue weighted by Gasteiger charge is 2.11. The molecule has 1 aliphatic heterocycles. The van der Waals surface area contributed by atoms with Crippen molar-refractivity contribution >= 4 is 22.5 Å². The number of nitrogens with zero attached hydrogens (tertiary/aromatic N) is 2. The summed E-state index contributed by atoms with van der Waals surface area (Å²) in [4.78, 5) is 7.10. The van der Waals surface area contributed by atoms with Crippen molar-refractivity contribution in [3.8, 4) is 0 Å². The van der Waals surface area contributed by atoms with Crippen LogP contribution in [0.2, 0.25) is 5.15 Å². The number of morpholine rings is 1. The Balaban J connectivity index is 1.69. The molecule has 1 aliphatic rings. The molecule has 3 rings (SSSR count). The van der Waals surface area contributed by atoms with E-state index in [0.717, 1.165) is 63.2 Å². The molecular formula is C18H23ClN2O. The van der Waals surface area contributed by atoms with Crippen molar-refractivity contribution in [2.24, 2.45) is 0 Å². The van der Waals surface area contributed by atoms with Crippen LogP contribution >= 0.6 is 11.6 Å². The smallest absolute Gasteiger partial charge is 0.132 e. The van der Waals surface area contributed by atoms with Crippen LogP contribution in [0.1, 0.15) is 24.5 Å². The molecule has 0 N–H and O–H groups in total. The van der Waals surface area contributed by atoms with E-state index in [-0.39, 0.29) is 0 Å². The molecule has 2 aromatic rings. The van der Waals surface area contributed by atoms with E-state index in [1.54, 1.807) is 0 Å². The van der Waals surface area contributed by atoms with Gasteiger partial charge < -0.3 is 4.74 Å². The first kappa shape index (κ1) is 15.7. The van der Waals surface area contributed by atoms with Crippen molar-refractivity contribution in [3.63, 3.8) is 0 Å². The lowest BCUT2D eigenvalue weighted by Gasteiger charge is -2.26.